The number of nitrogens with zero attached hydrogens (tertiary/aromatic N) is 5. The summed E-state index contributed by atoms with van der Waals surface area (Å²) in [4.78, 5) is 6.67. The van der Waals surface area contributed by atoms with Crippen LogP contribution in [0.2, 0.25) is 5.02 Å². The number of rotatable bonds is 5. The first-order chi connectivity index (χ1) is 14.2. The van der Waals surface area contributed by atoms with Gasteiger partial charge in [-0.15, -0.1) is 10.2 Å². The molecule has 0 amide bonds. The zero-order chi connectivity index (χ0) is 21.5. The molecule has 4 rings (SSSR count). The van der Waals surface area contributed by atoms with Crippen LogP contribution in [-0.2, 0) is 16.7 Å². The van der Waals surface area contributed by atoms with Gasteiger partial charge in [-0.2, -0.15) is 8.42 Å². The van der Waals surface area contributed by atoms with Crippen LogP contribution in [0.3, 0.4) is 0 Å². The van der Waals surface area contributed by atoms with Crippen molar-refractivity contribution in [2.45, 2.75) is 12.6 Å². The molecule has 156 valence electrons. The van der Waals surface area contributed by atoms with Crippen molar-refractivity contribution < 1.29 is 13.0 Å². The number of hydrogen-bond donors (Lipinski definition) is 1. The smallest absolute Gasteiger partial charge is 0.267 e. The summed E-state index contributed by atoms with van der Waals surface area (Å²) in [7, 11) is -0.511. The first-order valence-corrected chi connectivity index (χ1v) is 11.2. The summed E-state index contributed by atoms with van der Waals surface area (Å²) in [6.07, 6.45) is 0. The molecule has 1 N–H and O–H groups in total. The quantitative estimate of drug-likeness (QED) is 0.606. The van der Waals surface area contributed by atoms with Gasteiger partial charge < -0.3 is 4.90 Å². The Bertz CT molecular complexity index is 1220. The minimum absolute atomic E-state index is 0.346. The monoisotopic (exact) mass is 445 g/mol. The lowest BCUT2D eigenvalue weighted by Gasteiger charge is -2.16. The second-order valence-corrected chi connectivity index (χ2v) is 9.25. The van der Waals surface area contributed by atoms with Crippen LogP contribution in [0.4, 0.5) is 0 Å². The Balaban J connectivity index is 2.03. The Labute approximate surface area is 179 Å². The summed E-state index contributed by atoms with van der Waals surface area (Å²) in [6, 6.07) is 13.9. The van der Waals surface area contributed by atoms with Crippen LogP contribution in [0, 0.1) is 0 Å². The highest BCUT2D eigenvalue weighted by molar-refractivity contribution is 7.85. The molecule has 0 saturated carbocycles. The van der Waals surface area contributed by atoms with Gasteiger partial charge in [-0.3, -0.25) is 14.1 Å². The molecular weight excluding hydrogens is 426 g/mol. The van der Waals surface area contributed by atoms with Gasteiger partial charge in [0.2, 0.25) is 0 Å². The fourth-order valence-electron chi connectivity index (χ4n) is 3.51. The fraction of sp³-hybridized carbons (Fsp3) is 0.250. The van der Waals surface area contributed by atoms with Crippen molar-refractivity contribution in [1.29, 1.82) is 0 Å². The lowest BCUT2D eigenvalue weighted by molar-refractivity contribution is 0.386. The summed E-state index contributed by atoms with van der Waals surface area (Å²) < 4.78 is 34.9. The lowest BCUT2D eigenvalue weighted by Crippen LogP contribution is -2.18. The van der Waals surface area contributed by atoms with E-state index in [0.717, 1.165) is 16.8 Å². The van der Waals surface area contributed by atoms with E-state index in [-0.39, 0.29) is 0 Å². The Kier molecular flexibility index (Phi) is 5.46. The standard InChI is InChI=1S/C20H20ClN5O3S/c1-25(2)11-18-23-24-20-16(12-30(27,28)29)22-19(13-6-4-3-5-7-13)15-10-14(21)8-9-17(15)26(18)20/h3-10,16H,11-12H2,1-2H3,(H,27,28,29). The van der Waals surface area contributed by atoms with Crippen LogP contribution in [0.1, 0.15) is 28.8 Å². The molecule has 1 aliphatic heterocycles. The van der Waals surface area contributed by atoms with Crippen molar-refractivity contribution in [3.05, 3.63) is 76.3 Å². The number of benzene rings is 2. The van der Waals surface area contributed by atoms with Crippen molar-refractivity contribution in [3.8, 4) is 5.69 Å². The van der Waals surface area contributed by atoms with Crippen LogP contribution in [0.15, 0.2) is 53.5 Å². The minimum Gasteiger partial charge on any atom is -0.302 e. The molecule has 0 saturated heterocycles. The van der Waals surface area contributed by atoms with E-state index in [4.69, 9.17) is 16.6 Å². The second kappa shape index (κ2) is 7.92. The maximum absolute atomic E-state index is 11.8. The van der Waals surface area contributed by atoms with Gasteiger partial charge in [-0.25, -0.2) is 0 Å². The molecule has 0 spiro atoms. The molecular formula is C20H20ClN5O3S. The molecule has 2 aromatic carbocycles. The molecule has 2 heterocycles. The van der Waals surface area contributed by atoms with E-state index in [9.17, 15) is 13.0 Å². The predicted molar refractivity (Wildman–Crippen MR) is 115 cm³/mol. The largest absolute Gasteiger partial charge is 0.302 e. The second-order valence-electron chi connectivity index (χ2n) is 7.32. The van der Waals surface area contributed by atoms with Gasteiger partial charge in [0.05, 0.1) is 17.9 Å². The zero-order valence-electron chi connectivity index (χ0n) is 16.4. The maximum Gasteiger partial charge on any atom is 0.267 e. The van der Waals surface area contributed by atoms with E-state index in [1.54, 1.807) is 16.7 Å². The van der Waals surface area contributed by atoms with E-state index in [1.165, 1.54) is 0 Å². The summed E-state index contributed by atoms with van der Waals surface area (Å²) >= 11 is 6.31. The third-order valence-electron chi connectivity index (χ3n) is 4.67. The third-order valence-corrected chi connectivity index (χ3v) is 5.64. The highest BCUT2D eigenvalue weighted by atomic mass is 35.5. The molecule has 3 aromatic rings. The van der Waals surface area contributed by atoms with Gasteiger partial charge in [0.25, 0.3) is 10.1 Å². The third kappa shape index (κ3) is 4.15. The van der Waals surface area contributed by atoms with Crippen molar-refractivity contribution >= 4 is 27.4 Å². The van der Waals surface area contributed by atoms with Gasteiger partial charge in [0, 0.05) is 16.1 Å². The van der Waals surface area contributed by atoms with Gasteiger partial charge in [-0.1, -0.05) is 41.9 Å². The van der Waals surface area contributed by atoms with Gasteiger partial charge in [0.15, 0.2) is 11.6 Å². The van der Waals surface area contributed by atoms with E-state index >= 15 is 0 Å². The van der Waals surface area contributed by atoms with Crippen LogP contribution < -0.4 is 0 Å². The molecule has 1 atom stereocenters. The summed E-state index contributed by atoms with van der Waals surface area (Å²) in [5, 5.41) is 9.05. The Morgan fingerprint density at radius 3 is 2.53 bits per heavy atom. The van der Waals surface area contributed by atoms with Crippen molar-refractivity contribution in [1.82, 2.24) is 19.7 Å². The molecule has 1 unspecified atom stereocenters. The lowest BCUT2D eigenvalue weighted by atomic mass is 10.0. The predicted octanol–water partition coefficient (Wildman–Crippen LogP) is 2.76. The van der Waals surface area contributed by atoms with Gasteiger partial charge in [-0.05, 0) is 32.3 Å². The molecule has 0 bridgehead atoms. The Hall–Kier alpha value is -2.59. The Morgan fingerprint density at radius 2 is 1.87 bits per heavy atom. The number of halogens is 1. The van der Waals surface area contributed by atoms with Crippen LogP contribution in [0.5, 0.6) is 0 Å². The van der Waals surface area contributed by atoms with Crippen LogP contribution in [-0.4, -0.2) is 58.2 Å². The molecule has 1 aliphatic rings. The molecule has 10 heteroatoms. The van der Waals surface area contributed by atoms with Gasteiger partial charge in [0.1, 0.15) is 11.8 Å². The molecule has 1 aromatic heterocycles. The van der Waals surface area contributed by atoms with E-state index in [0.29, 0.717) is 28.9 Å². The summed E-state index contributed by atoms with van der Waals surface area (Å²) in [5.41, 5.74) is 2.85. The van der Waals surface area contributed by atoms with Crippen molar-refractivity contribution in [2.75, 3.05) is 19.8 Å². The molecule has 8 nitrogen and oxygen atoms in total. The fourth-order valence-corrected chi connectivity index (χ4v) is 4.30. The SMILES string of the molecule is CN(C)Cc1nnc2n1-c1ccc(Cl)cc1C(c1ccccc1)=NC2CS(=O)(=O)O. The number of fused-ring (bicyclic) bond motifs is 3. The average molecular weight is 446 g/mol. The average Bonchev–Trinajstić information content (AvgIpc) is 3.02. The van der Waals surface area contributed by atoms with Crippen molar-refractivity contribution in [2.24, 2.45) is 4.99 Å². The van der Waals surface area contributed by atoms with Crippen LogP contribution in [0.25, 0.3) is 5.69 Å². The van der Waals surface area contributed by atoms with Crippen LogP contribution >= 0.6 is 11.6 Å². The molecule has 30 heavy (non-hydrogen) atoms. The first kappa shape index (κ1) is 20.7. The maximum atomic E-state index is 11.8. The molecule has 0 fully saturated rings. The first-order valence-electron chi connectivity index (χ1n) is 9.20. The zero-order valence-corrected chi connectivity index (χ0v) is 18.0. The van der Waals surface area contributed by atoms with E-state index in [1.807, 2.05) is 55.4 Å². The highest BCUT2D eigenvalue weighted by Gasteiger charge is 2.31. The number of aromatic nitrogens is 3. The topological polar surface area (TPSA) is 101 Å². The highest BCUT2D eigenvalue weighted by Crippen LogP contribution is 2.33. The number of aliphatic imine (C=N–C) groups is 1. The normalized spacial score (nSPS) is 16.0. The number of hydrogen-bond acceptors (Lipinski definition) is 6. The molecule has 0 aliphatic carbocycles. The van der Waals surface area contributed by atoms with E-state index < -0.39 is 21.9 Å². The summed E-state index contributed by atoms with van der Waals surface area (Å²) in [6.45, 7) is 0.480. The van der Waals surface area contributed by atoms with E-state index in [2.05, 4.69) is 10.2 Å². The van der Waals surface area contributed by atoms with Crippen molar-refractivity contribution in [3.63, 3.8) is 0 Å². The minimum atomic E-state index is -4.32. The molecule has 0 radical (unpaired) electrons. The summed E-state index contributed by atoms with van der Waals surface area (Å²) in [5.74, 6) is 0.368. The van der Waals surface area contributed by atoms with Gasteiger partial charge >= 0.3 is 0 Å². The Morgan fingerprint density at radius 1 is 1.13 bits per heavy atom.